The minimum absolute atomic E-state index is 0.000602. The van der Waals surface area contributed by atoms with Crippen molar-refractivity contribution in [3.8, 4) is 0 Å². The zero-order chi connectivity index (χ0) is 104. The Morgan fingerprint density at radius 2 is 0.927 bits per heavy atom. The van der Waals surface area contributed by atoms with E-state index < -0.39 is 283 Å². The first-order valence-electron chi connectivity index (χ1n) is 47.8. The normalized spacial score (nSPS) is 19.5. The van der Waals surface area contributed by atoms with E-state index in [0.717, 1.165) is 18.9 Å². The van der Waals surface area contributed by atoms with Gasteiger partial charge in [-0.25, -0.2) is 4.79 Å². The van der Waals surface area contributed by atoms with E-state index in [0.29, 0.717) is 32.1 Å². The summed E-state index contributed by atoms with van der Waals surface area (Å²) in [5.41, 5.74) is 16.5. The van der Waals surface area contributed by atoms with Gasteiger partial charge in [0.25, 0.3) is 11.8 Å². The molecule has 2 heterocycles. The summed E-state index contributed by atoms with van der Waals surface area (Å²) < 4.78 is 5.80. The number of cyclic esters (lactones) is 1. The van der Waals surface area contributed by atoms with Crippen LogP contribution >= 0.6 is 0 Å². The van der Waals surface area contributed by atoms with Crippen molar-refractivity contribution in [2.75, 3.05) is 39.4 Å². The molecule has 0 aromatic carbocycles. The van der Waals surface area contributed by atoms with Crippen molar-refractivity contribution in [3.05, 3.63) is 23.5 Å². The number of amides is 19. The SMILES string of the molecule is C/C=C(\NC(=O)[C@H](NC(=O)[C@H](CC(C)C)NC(=O)[C@H](CCC(N)=O)NC(=O)[C@H](NC(=O)[C@H](NC(=O)[C@@H](CC(C)C)NC(=O)[C@H](CO)NC(=O)[C@H](NC(=O)[C@@H](CC(C)C)NC(=O)[C@@H](CO)NC(=O)[C@H]1CCCN1C(=O)/C(=C/C)NC(=O)C[C@H](O)CCCCC)C(C)C)C(C)C)C(C)C)C(C)C)C(=O)N[C@H]1C(=O)N[C@@H](CC(C)C)C(=O)NCC(=O)N[C@H](CCN)C(=O)N[C@@H](CCCCN)C(=O)O[C@H]1C. The van der Waals surface area contributed by atoms with Crippen LogP contribution in [-0.4, -0.2) is 281 Å². The number of nitrogens with zero attached hydrogens (tertiary/aromatic N) is 1. The molecule has 0 radical (unpaired) electrons. The number of rotatable bonds is 55. The second-order valence-electron chi connectivity index (χ2n) is 38.0. The molecule has 2 aliphatic heterocycles. The highest BCUT2D eigenvalue weighted by atomic mass is 16.5. The van der Waals surface area contributed by atoms with Gasteiger partial charge in [0, 0.05) is 13.0 Å². The Bertz CT molecular complexity index is 4140. The molecule has 2 saturated heterocycles. The van der Waals surface area contributed by atoms with Gasteiger partial charge in [-0.3, -0.25) is 91.1 Å². The van der Waals surface area contributed by atoms with Gasteiger partial charge in [-0.15, -0.1) is 0 Å². The predicted octanol–water partition coefficient (Wildman–Crippen LogP) is -3.27. The third-order valence-corrected chi connectivity index (χ3v) is 22.7. The standard InChI is InChI=1S/C92H159N21O24/c1-21-24-25-29-55(116)42-69(118)97-57(23-3)91(135)113-37-28-31-67(113)85(129)106-65(44-114)83(127)103-63(40-48(8)9)81(125)109-72(51(14)15)88(132)107-66(45-115)84(128)104-64(41-49(10)11)82(126)110-74(53(18)19)89(133)111-73(52(16)17)87(131)100-58(32-33-68(95)117)78(122)102-62(39-47(6)7)80(124)108-71(50(12)13)86(130)99-56(22-2)77(121)112-75-54(20)137-92(136)60(30-26-27-35-93)101-79(123)59(34-36-94)98-70(119)43-96-76(120)61(38-46(4)5)105-90(75)134/h22-23,46-55,58-67,71-75,114-116H,21,24-45,93-94H2,1-20H3,(H2,95,117)(H,96,120)(H,97,118)(H,98,119)(H,99,130)(H,100,131)(H,101,123)(H,102,122)(H,103,127)(H,104,128)(H,105,134)(H,106,129)(H,107,132)(H,108,124)(H,109,125)(H,110,126)(H,111,133)(H,112,121)/b56-22-,57-23-/t54-,55+,58-,59+,60-,61-,62-,63+,64+,65+,66-,67+,71+,72+,73+,74+,75+/m0/s1. The monoisotopic (exact) mass is 1940 g/mol. The maximum Gasteiger partial charge on any atom is 0.328 e. The summed E-state index contributed by atoms with van der Waals surface area (Å²) in [6.45, 7) is 30.0. The zero-order valence-electron chi connectivity index (χ0n) is 83.4. The molecule has 2 fully saturated rings. The topological polar surface area (TPSA) is 697 Å². The van der Waals surface area contributed by atoms with Crippen LogP contribution in [0, 0.1) is 47.3 Å². The van der Waals surface area contributed by atoms with Crippen molar-refractivity contribution in [2.45, 2.75) is 350 Å². The Balaban J connectivity index is 2.43. The lowest BCUT2D eigenvalue weighted by molar-refractivity contribution is -0.156. The quantitative estimate of drug-likeness (QED) is 0.0161. The van der Waals surface area contributed by atoms with Crippen molar-refractivity contribution in [1.82, 2.24) is 95.3 Å². The molecule has 19 amide bonds. The lowest BCUT2D eigenvalue weighted by atomic mass is 9.97. The number of hydrogen-bond donors (Lipinski definition) is 23. The van der Waals surface area contributed by atoms with Gasteiger partial charge >= 0.3 is 5.97 Å². The van der Waals surface area contributed by atoms with E-state index in [1.165, 1.54) is 31.7 Å². The molecule has 776 valence electrons. The van der Waals surface area contributed by atoms with Crippen LogP contribution < -0.4 is 108 Å². The number of likely N-dealkylation sites (tertiary alicyclic amines) is 1. The Labute approximate surface area is 803 Å². The van der Waals surface area contributed by atoms with E-state index in [2.05, 4.69) is 90.4 Å². The summed E-state index contributed by atoms with van der Waals surface area (Å²) in [6, 6.07) is -22.3. The van der Waals surface area contributed by atoms with Crippen LogP contribution in [0.15, 0.2) is 23.5 Å². The third-order valence-electron chi connectivity index (χ3n) is 22.7. The molecule has 0 aromatic rings. The van der Waals surface area contributed by atoms with Crippen molar-refractivity contribution in [1.29, 1.82) is 0 Å². The summed E-state index contributed by atoms with van der Waals surface area (Å²) in [5.74, 6) is -22.8. The number of nitrogens with one attached hydrogen (secondary N) is 17. The number of allylic oxidation sites excluding steroid dienone is 2. The molecule has 0 aromatic heterocycles. The predicted molar refractivity (Wildman–Crippen MR) is 505 cm³/mol. The molecule has 45 nitrogen and oxygen atoms in total. The molecule has 17 atom stereocenters. The van der Waals surface area contributed by atoms with Gasteiger partial charge in [0.05, 0.1) is 32.3 Å². The van der Waals surface area contributed by atoms with Gasteiger partial charge < -0.3 is 133 Å². The highest BCUT2D eigenvalue weighted by Crippen LogP contribution is 2.23. The zero-order valence-corrected chi connectivity index (χ0v) is 83.4. The molecular formula is C92H159N21O24. The Hall–Kier alpha value is -11.3. The lowest BCUT2D eigenvalue weighted by Gasteiger charge is -2.31. The second kappa shape index (κ2) is 61.8. The van der Waals surface area contributed by atoms with Gasteiger partial charge in [-0.05, 0) is 158 Å². The number of esters is 1. The molecular weight excluding hydrogens is 1780 g/mol. The van der Waals surface area contributed by atoms with Crippen LogP contribution in [0.4, 0.5) is 0 Å². The smallest absolute Gasteiger partial charge is 0.328 e. The van der Waals surface area contributed by atoms with E-state index in [4.69, 9.17) is 21.9 Å². The molecule has 45 heteroatoms. The van der Waals surface area contributed by atoms with Gasteiger partial charge in [0.15, 0.2) is 0 Å². The van der Waals surface area contributed by atoms with E-state index in [1.807, 2.05) is 6.92 Å². The number of hydrogen-bond acceptors (Lipinski definition) is 26. The first-order valence-corrected chi connectivity index (χ1v) is 47.8. The van der Waals surface area contributed by atoms with Crippen molar-refractivity contribution in [3.63, 3.8) is 0 Å². The van der Waals surface area contributed by atoms with Gasteiger partial charge in [0.2, 0.25) is 100 Å². The fourth-order valence-corrected chi connectivity index (χ4v) is 15.0. The van der Waals surface area contributed by atoms with E-state index in [-0.39, 0.29) is 100 Å². The maximum atomic E-state index is 14.6. The minimum atomic E-state index is -1.84. The first-order chi connectivity index (χ1) is 64.2. The molecule has 2 rings (SSSR count). The first kappa shape index (κ1) is 122. The number of primary amides is 1. The molecule has 0 bridgehead atoms. The number of unbranched alkanes of at least 4 members (excludes halogenated alkanes) is 3. The number of carbonyl (C=O) groups excluding carboxylic acids is 20. The molecule has 137 heavy (non-hydrogen) atoms. The summed E-state index contributed by atoms with van der Waals surface area (Å²) in [6.07, 6.45) is 2.61. The van der Waals surface area contributed by atoms with Crippen molar-refractivity contribution < 1.29 is 116 Å². The van der Waals surface area contributed by atoms with Gasteiger partial charge in [0.1, 0.15) is 108 Å². The van der Waals surface area contributed by atoms with E-state index in [9.17, 15) is 111 Å². The second-order valence-corrected chi connectivity index (χ2v) is 38.0. The molecule has 0 aliphatic carbocycles. The Kier molecular flexibility index (Phi) is 54.9. The van der Waals surface area contributed by atoms with Gasteiger partial charge in [-0.2, -0.15) is 0 Å². The lowest BCUT2D eigenvalue weighted by Crippen LogP contribution is -2.62. The van der Waals surface area contributed by atoms with Crippen LogP contribution in [0.25, 0.3) is 0 Å². The van der Waals surface area contributed by atoms with Crippen LogP contribution in [0.5, 0.6) is 0 Å². The molecule has 2 aliphatic rings. The number of nitrogens with two attached hydrogens (primary N) is 3. The fraction of sp³-hybridized carbons (Fsp3) is 0.739. The van der Waals surface area contributed by atoms with Crippen molar-refractivity contribution in [2.24, 2.45) is 64.5 Å². The van der Waals surface area contributed by atoms with Crippen LogP contribution in [-0.2, 0) is 101 Å². The maximum absolute atomic E-state index is 14.6. The van der Waals surface area contributed by atoms with Crippen LogP contribution in [0.2, 0.25) is 0 Å². The summed E-state index contributed by atoms with van der Waals surface area (Å²) in [7, 11) is 0. The molecule has 0 saturated carbocycles. The molecule has 0 unspecified atom stereocenters. The highest BCUT2D eigenvalue weighted by Gasteiger charge is 2.44. The molecule has 26 N–H and O–H groups in total. The Morgan fingerprint density at radius 1 is 0.482 bits per heavy atom. The minimum Gasteiger partial charge on any atom is -0.458 e. The van der Waals surface area contributed by atoms with E-state index >= 15 is 0 Å². The average Bonchev–Trinajstić information content (AvgIpc) is 1.64. The average molecular weight is 1940 g/mol. The highest BCUT2D eigenvalue weighted by molar-refractivity contribution is 6.05. The molecule has 0 spiro atoms. The largest absolute Gasteiger partial charge is 0.458 e. The number of aliphatic hydroxyl groups is 3. The number of carbonyl (C=O) groups is 20. The van der Waals surface area contributed by atoms with Gasteiger partial charge in [-0.1, -0.05) is 149 Å². The fourth-order valence-electron chi connectivity index (χ4n) is 15.0. The van der Waals surface area contributed by atoms with E-state index in [1.54, 1.807) is 111 Å². The summed E-state index contributed by atoms with van der Waals surface area (Å²) in [5, 5.41) is 74.8. The van der Waals surface area contributed by atoms with Crippen LogP contribution in [0.1, 0.15) is 248 Å². The Morgan fingerprint density at radius 3 is 1.37 bits per heavy atom. The number of aliphatic hydroxyl groups excluding tert-OH is 3. The summed E-state index contributed by atoms with van der Waals surface area (Å²) >= 11 is 0. The van der Waals surface area contributed by atoms with Crippen LogP contribution in [0.3, 0.4) is 0 Å². The summed E-state index contributed by atoms with van der Waals surface area (Å²) in [4.78, 5) is 282. The third kappa shape index (κ3) is 42.7. The number of ether oxygens (including phenoxy) is 1. The van der Waals surface area contributed by atoms with Crippen molar-refractivity contribution >= 4 is 118 Å².